The highest BCUT2D eigenvalue weighted by molar-refractivity contribution is 6.45. The van der Waals surface area contributed by atoms with Crippen LogP contribution in [0, 0.1) is 5.82 Å². The van der Waals surface area contributed by atoms with E-state index in [0.29, 0.717) is 25.0 Å². The Morgan fingerprint density at radius 2 is 1.90 bits per heavy atom. The molecule has 0 unspecified atom stereocenters. The lowest BCUT2D eigenvalue weighted by molar-refractivity contribution is -0.126. The monoisotopic (exact) mass is 545 g/mol. The van der Waals surface area contributed by atoms with Crippen LogP contribution in [0.15, 0.2) is 60.1 Å². The Morgan fingerprint density at radius 1 is 1.18 bits per heavy atom. The molecule has 1 aliphatic heterocycles. The maximum atomic E-state index is 14.8. The Hall–Kier alpha value is -5.11. The standard InChI is InChI=1S/C26H28FN11O2/c1-29-9-10-37(28)23-21-20(19(27)16-31-23)18(15-30-21)22(39)24(40)35-11-13-36(14-12-35)25-32-26(34(2)3)38(33-25)17-7-5-4-6-8-17/h4-10,15-16,30H,1,11-14,28H2,2-3H3/b10-9-. The van der Waals surface area contributed by atoms with Gasteiger partial charge in [-0.1, -0.05) is 18.2 Å². The van der Waals surface area contributed by atoms with E-state index in [4.69, 9.17) is 15.9 Å². The normalized spacial score (nSPS) is 13.7. The number of halogens is 1. The molecule has 4 heterocycles. The van der Waals surface area contributed by atoms with Gasteiger partial charge in [0, 0.05) is 58.9 Å². The Kier molecular flexibility index (Phi) is 7.25. The van der Waals surface area contributed by atoms with Gasteiger partial charge in [0.2, 0.25) is 11.9 Å². The quantitative estimate of drug-likeness (QED) is 0.111. The number of ketones is 1. The lowest BCUT2D eigenvalue weighted by Crippen LogP contribution is -2.51. The van der Waals surface area contributed by atoms with Crippen molar-refractivity contribution in [3.63, 3.8) is 0 Å². The number of aromatic nitrogens is 5. The molecule has 3 aromatic heterocycles. The van der Waals surface area contributed by atoms with Crippen molar-refractivity contribution in [1.29, 1.82) is 0 Å². The number of hydrazine groups is 1. The Bertz CT molecular complexity index is 1590. The molecule has 0 radical (unpaired) electrons. The number of piperazine rings is 1. The van der Waals surface area contributed by atoms with Gasteiger partial charge in [0.15, 0.2) is 11.6 Å². The number of benzene rings is 1. The number of rotatable bonds is 8. The summed E-state index contributed by atoms with van der Waals surface area (Å²) in [6, 6.07) is 9.68. The van der Waals surface area contributed by atoms with E-state index >= 15 is 0 Å². The maximum absolute atomic E-state index is 14.8. The predicted molar refractivity (Wildman–Crippen MR) is 150 cm³/mol. The zero-order chi connectivity index (χ0) is 28.4. The topological polar surface area (TPSA) is 145 Å². The fourth-order valence-electron chi connectivity index (χ4n) is 4.49. The molecule has 13 nitrogen and oxygen atoms in total. The molecule has 0 spiro atoms. The Morgan fingerprint density at radius 3 is 2.58 bits per heavy atom. The number of fused-ring (bicyclic) bond motifs is 1. The average molecular weight is 546 g/mol. The number of aromatic amines is 1. The summed E-state index contributed by atoms with van der Waals surface area (Å²) in [5.41, 5.74) is 0.954. The molecule has 5 rings (SSSR count). The highest BCUT2D eigenvalue weighted by Gasteiger charge is 2.31. The fourth-order valence-corrected chi connectivity index (χ4v) is 4.49. The summed E-state index contributed by atoms with van der Waals surface area (Å²) < 4.78 is 16.6. The number of amides is 1. The van der Waals surface area contributed by atoms with Gasteiger partial charge in [-0.2, -0.15) is 9.67 Å². The molecule has 4 aromatic rings. The summed E-state index contributed by atoms with van der Waals surface area (Å²) in [5.74, 6) is 4.98. The highest BCUT2D eigenvalue weighted by Crippen LogP contribution is 2.29. The fraction of sp³-hybridized carbons (Fsp3) is 0.231. The van der Waals surface area contributed by atoms with Gasteiger partial charge in [0.1, 0.15) is 0 Å². The molecule has 14 heteroatoms. The second-order valence-corrected chi connectivity index (χ2v) is 9.23. The number of H-pyrrole nitrogens is 1. The van der Waals surface area contributed by atoms with Crippen LogP contribution >= 0.6 is 0 Å². The van der Waals surface area contributed by atoms with E-state index in [1.807, 2.05) is 54.2 Å². The molecule has 0 saturated carbocycles. The van der Waals surface area contributed by atoms with Crippen LogP contribution in [0.4, 0.5) is 22.1 Å². The largest absolute Gasteiger partial charge is 0.357 e. The summed E-state index contributed by atoms with van der Waals surface area (Å²) in [4.78, 5) is 46.8. The molecule has 206 valence electrons. The van der Waals surface area contributed by atoms with E-state index in [1.165, 1.54) is 23.5 Å². The van der Waals surface area contributed by atoms with Crippen LogP contribution in [0.2, 0.25) is 0 Å². The Balaban J connectivity index is 1.32. The lowest BCUT2D eigenvalue weighted by Gasteiger charge is -2.33. The van der Waals surface area contributed by atoms with Crippen LogP contribution in [0.25, 0.3) is 16.6 Å². The van der Waals surface area contributed by atoms with E-state index in [9.17, 15) is 14.0 Å². The molecule has 1 amide bonds. The van der Waals surface area contributed by atoms with Gasteiger partial charge >= 0.3 is 0 Å². The van der Waals surface area contributed by atoms with Crippen molar-refractivity contribution in [2.45, 2.75) is 0 Å². The predicted octanol–water partition coefficient (Wildman–Crippen LogP) is 1.73. The van der Waals surface area contributed by atoms with Gasteiger partial charge in [0.05, 0.1) is 28.4 Å². The van der Waals surface area contributed by atoms with E-state index in [-0.39, 0.29) is 35.4 Å². The van der Waals surface area contributed by atoms with Crippen LogP contribution in [0.3, 0.4) is 0 Å². The summed E-state index contributed by atoms with van der Waals surface area (Å²) in [6.45, 7) is 4.73. The minimum absolute atomic E-state index is 0.0655. The molecule has 0 atom stereocenters. The SMILES string of the molecule is C=N/C=C\N(N)c1ncc(F)c2c(C(=O)C(=O)N3CCN(c4nc(N(C)C)n(-c5ccccc5)n4)CC3)c[nH]c12. The number of hydrogen-bond acceptors (Lipinski definition) is 10. The molecule has 1 aliphatic rings. The van der Waals surface area contributed by atoms with Gasteiger partial charge in [-0.15, -0.1) is 5.10 Å². The number of para-hydroxylation sites is 1. The van der Waals surface area contributed by atoms with Crippen LogP contribution in [0.5, 0.6) is 0 Å². The van der Waals surface area contributed by atoms with E-state index in [2.05, 4.69) is 21.7 Å². The highest BCUT2D eigenvalue weighted by atomic mass is 19.1. The Labute approximate surface area is 229 Å². The van der Waals surface area contributed by atoms with E-state index < -0.39 is 17.5 Å². The second kappa shape index (κ2) is 10.9. The van der Waals surface area contributed by atoms with Crippen molar-refractivity contribution < 1.29 is 14.0 Å². The van der Waals surface area contributed by atoms with Crippen LogP contribution in [0.1, 0.15) is 10.4 Å². The van der Waals surface area contributed by atoms with E-state index in [1.54, 1.807) is 4.68 Å². The van der Waals surface area contributed by atoms with Crippen molar-refractivity contribution in [3.8, 4) is 5.69 Å². The van der Waals surface area contributed by atoms with Crippen LogP contribution in [-0.4, -0.2) is 88.3 Å². The molecule has 3 N–H and O–H groups in total. The number of anilines is 3. The maximum Gasteiger partial charge on any atom is 0.295 e. The lowest BCUT2D eigenvalue weighted by atomic mass is 10.1. The smallest absolute Gasteiger partial charge is 0.295 e. The van der Waals surface area contributed by atoms with Gasteiger partial charge in [0.25, 0.3) is 11.7 Å². The van der Waals surface area contributed by atoms with E-state index in [0.717, 1.165) is 16.9 Å². The van der Waals surface area contributed by atoms with Gasteiger partial charge in [-0.25, -0.2) is 15.2 Å². The van der Waals surface area contributed by atoms with Crippen molar-refractivity contribution in [2.75, 3.05) is 55.1 Å². The third-order valence-electron chi connectivity index (χ3n) is 6.49. The summed E-state index contributed by atoms with van der Waals surface area (Å²) in [6.07, 6.45) is 4.95. The van der Waals surface area contributed by atoms with Crippen LogP contribution < -0.4 is 20.7 Å². The van der Waals surface area contributed by atoms with Crippen molar-refractivity contribution in [1.82, 2.24) is 29.6 Å². The number of aliphatic imine (C=N–C) groups is 1. The second-order valence-electron chi connectivity index (χ2n) is 9.23. The minimum atomic E-state index is -0.830. The zero-order valence-corrected chi connectivity index (χ0v) is 22.0. The molecule has 0 aliphatic carbocycles. The first-order valence-electron chi connectivity index (χ1n) is 12.4. The number of nitrogens with two attached hydrogens (primary N) is 1. The third-order valence-corrected chi connectivity index (χ3v) is 6.49. The number of carbonyl (C=O) groups excluding carboxylic acids is 2. The molecule has 1 aromatic carbocycles. The van der Waals surface area contributed by atoms with Crippen molar-refractivity contribution in [2.24, 2.45) is 10.8 Å². The summed E-state index contributed by atoms with van der Waals surface area (Å²) >= 11 is 0. The molecule has 0 bridgehead atoms. The van der Waals surface area contributed by atoms with Crippen molar-refractivity contribution >= 4 is 47.0 Å². The van der Waals surface area contributed by atoms with Crippen LogP contribution in [-0.2, 0) is 4.79 Å². The minimum Gasteiger partial charge on any atom is -0.357 e. The van der Waals surface area contributed by atoms with Gasteiger partial charge < -0.3 is 19.7 Å². The molecular formula is C26H28FN11O2. The molecule has 1 saturated heterocycles. The zero-order valence-electron chi connectivity index (χ0n) is 22.0. The molecular weight excluding hydrogens is 517 g/mol. The van der Waals surface area contributed by atoms with Crippen molar-refractivity contribution in [3.05, 3.63) is 66.5 Å². The number of nitrogens with zero attached hydrogens (tertiary/aromatic N) is 9. The number of nitrogens with one attached hydrogen (secondary N) is 1. The number of hydrogen-bond donors (Lipinski definition) is 2. The number of carbonyl (C=O) groups is 2. The average Bonchev–Trinajstić information content (AvgIpc) is 3.62. The number of Topliss-reactive ketones (excluding diaryl/α,β-unsaturated/α-hetero) is 1. The van der Waals surface area contributed by atoms with Gasteiger partial charge in [-0.05, 0) is 18.9 Å². The first-order chi connectivity index (χ1) is 19.3. The third kappa shape index (κ3) is 4.87. The number of pyridine rings is 1. The summed E-state index contributed by atoms with van der Waals surface area (Å²) in [5, 5.41) is 5.74. The molecule has 40 heavy (non-hydrogen) atoms. The van der Waals surface area contributed by atoms with Gasteiger partial charge in [-0.3, -0.25) is 19.6 Å². The first kappa shape index (κ1) is 26.5. The molecule has 1 fully saturated rings. The first-order valence-corrected chi connectivity index (χ1v) is 12.4. The summed E-state index contributed by atoms with van der Waals surface area (Å²) in [7, 11) is 3.78.